The second-order valence-electron chi connectivity index (χ2n) is 5.30. The van der Waals surface area contributed by atoms with Crippen molar-refractivity contribution in [2.24, 2.45) is 0 Å². The molecule has 0 radical (unpaired) electrons. The van der Waals surface area contributed by atoms with Crippen molar-refractivity contribution in [3.05, 3.63) is 54.6 Å². The minimum absolute atomic E-state index is 0.0445. The molecular weight excluding hydrogens is 310 g/mol. The number of nitrogens with one attached hydrogen (secondary N) is 1. The van der Waals surface area contributed by atoms with E-state index in [1.807, 2.05) is 12.1 Å². The van der Waals surface area contributed by atoms with Gasteiger partial charge in [0.2, 0.25) is 6.10 Å². The van der Waals surface area contributed by atoms with Crippen LogP contribution in [0.1, 0.15) is 6.92 Å². The molecule has 0 unspecified atom stereocenters. The van der Waals surface area contributed by atoms with E-state index in [9.17, 15) is 9.59 Å². The first-order valence-electron chi connectivity index (χ1n) is 7.58. The molecule has 1 aliphatic heterocycles. The van der Waals surface area contributed by atoms with Crippen LogP contribution in [0, 0.1) is 0 Å². The first-order valence-corrected chi connectivity index (χ1v) is 7.58. The third kappa shape index (κ3) is 3.65. The van der Waals surface area contributed by atoms with Crippen molar-refractivity contribution >= 4 is 17.6 Å². The number of fused-ring (bicyclic) bond motifs is 1. The van der Waals surface area contributed by atoms with Crippen molar-refractivity contribution in [2.75, 3.05) is 11.9 Å². The highest BCUT2D eigenvalue weighted by Gasteiger charge is 2.31. The summed E-state index contributed by atoms with van der Waals surface area (Å²) in [5, 5.41) is 2.68. The predicted octanol–water partition coefficient (Wildman–Crippen LogP) is 2.40. The summed E-state index contributed by atoms with van der Waals surface area (Å²) in [4.78, 5) is 24.2. The minimum atomic E-state index is -0.946. The van der Waals surface area contributed by atoms with Crippen molar-refractivity contribution in [2.45, 2.75) is 19.1 Å². The van der Waals surface area contributed by atoms with Crippen LogP contribution in [0.2, 0.25) is 0 Å². The molecule has 124 valence electrons. The summed E-state index contributed by atoms with van der Waals surface area (Å²) in [6, 6.07) is 16.0. The van der Waals surface area contributed by atoms with Crippen LogP contribution in [0.15, 0.2) is 54.6 Å². The molecule has 2 aromatic carbocycles. The van der Waals surface area contributed by atoms with Gasteiger partial charge in [0, 0.05) is 5.69 Å². The molecule has 1 amide bonds. The highest BCUT2D eigenvalue weighted by molar-refractivity contribution is 5.95. The Labute approximate surface area is 139 Å². The molecule has 0 bridgehead atoms. The average Bonchev–Trinajstić information content (AvgIpc) is 2.62. The van der Waals surface area contributed by atoms with Crippen LogP contribution in [0.25, 0.3) is 0 Å². The molecular formula is C18H17NO5. The number of hydrogen-bond acceptors (Lipinski definition) is 5. The second kappa shape index (κ2) is 7.04. The number of anilines is 1. The Morgan fingerprint density at radius 1 is 1.08 bits per heavy atom. The van der Waals surface area contributed by atoms with E-state index in [4.69, 9.17) is 14.2 Å². The summed E-state index contributed by atoms with van der Waals surface area (Å²) in [7, 11) is 0. The Kier molecular flexibility index (Phi) is 4.65. The molecule has 1 N–H and O–H groups in total. The molecule has 0 saturated heterocycles. The molecule has 24 heavy (non-hydrogen) atoms. The molecule has 2 atom stereocenters. The van der Waals surface area contributed by atoms with Crippen LogP contribution in [-0.2, 0) is 14.3 Å². The number of para-hydroxylation sites is 3. The van der Waals surface area contributed by atoms with E-state index in [1.165, 1.54) is 6.92 Å². The third-order valence-electron chi connectivity index (χ3n) is 3.47. The zero-order valence-electron chi connectivity index (χ0n) is 13.1. The maximum absolute atomic E-state index is 12.2. The summed E-state index contributed by atoms with van der Waals surface area (Å²) >= 11 is 0. The van der Waals surface area contributed by atoms with Crippen molar-refractivity contribution in [1.82, 2.24) is 0 Å². The molecule has 3 rings (SSSR count). The molecule has 1 heterocycles. The molecule has 0 aromatic heterocycles. The quantitative estimate of drug-likeness (QED) is 0.873. The molecule has 0 aliphatic carbocycles. The zero-order chi connectivity index (χ0) is 16.9. The van der Waals surface area contributed by atoms with Crippen molar-refractivity contribution in [3.8, 4) is 11.5 Å². The van der Waals surface area contributed by atoms with E-state index >= 15 is 0 Å². The van der Waals surface area contributed by atoms with Gasteiger partial charge in [0.25, 0.3) is 5.91 Å². The van der Waals surface area contributed by atoms with Crippen LogP contribution in [-0.4, -0.2) is 30.7 Å². The van der Waals surface area contributed by atoms with Gasteiger partial charge in [-0.25, -0.2) is 4.79 Å². The van der Waals surface area contributed by atoms with E-state index in [0.717, 1.165) is 0 Å². The Morgan fingerprint density at radius 2 is 1.75 bits per heavy atom. The average molecular weight is 327 g/mol. The molecule has 0 spiro atoms. The van der Waals surface area contributed by atoms with Crippen molar-refractivity contribution in [3.63, 3.8) is 0 Å². The van der Waals surface area contributed by atoms with E-state index in [2.05, 4.69) is 5.32 Å². The zero-order valence-corrected chi connectivity index (χ0v) is 13.1. The Morgan fingerprint density at radius 3 is 2.50 bits per heavy atom. The van der Waals surface area contributed by atoms with E-state index in [0.29, 0.717) is 17.2 Å². The van der Waals surface area contributed by atoms with Crippen molar-refractivity contribution < 1.29 is 23.8 Å². The fourth-order valence-corrected chi connectivity index (χ4v) is 2.20. The van der Waals surface area contributed by atoms with Gasteiger partial charge in [-0.3, -0.25) is 4.79 Å². The van der Waals surface area contributed by atoms with Gasteiger partial charge in [0.05, 0.1) is 0 Å². The Balaban J connectivity index is 1.56. The maximum atomic E-state index is 12.2. The number of carbonyl (C=O) groups is 2. The summed E-state index contributed by atoms with van der Waals surface area (Å²) in [6.07, 6.45) is -1.84. The van der Waals surface area contributed by atoms with E-state index in [1.54, 1.807) is 42.5 Å². The molecule has 0 fully saturated rings. The Hall–Kier alpha value is -3.02. The number of hydrogen-bond donors (Lipinski definition) is 1. The third-order valence-corrected chi connectivity index (χ3v) is 3.47. The van der Waals surface area contributed by atoms with Gasteiger partial charge < -0.3 is 19.5 Å². The number of carbonyl (C=O) groups excluding carboxylic acids is 2. The first-order chi connectivity index (χ1) is 11.6. The van der Waals surface area contributed by atoms with Gasteiger partial charge >= 0.3 is 5.97 Å². The van der Waals surface area contributed by atoms with Gasteiger partial charge in [-0.1, -0.05) is 30.3 Å². The van der Waals surface area contributed by atoms with E-state index in [-0.39, 0.29) is 6.61 Å². The monoisotopic (exact) mass is 327 g/mol. The van der Waals surface area contributed by atoms with Crippen LogP contribution in [0.5, 0.6) is 11.5 Å². The highest BCUT2D eigenvalue weighted by atomic mass is 16.6. The summed E-state index contributed by atoms with van der Waals surface area (Å²) < 4.78 is 16.2. The lowest BCUT2D eigenvalue weighted by atomic mass is 10.2. The Bertz CT molecular complexity index is 731. The molecule has 1 aliphatic rings. The molecule has 6 nitrogen and oxygen atoms in total. The van der Waals surface area contributed by atoms with E-state index < -0.39 is 24.1 Å². The van der Waals surface area contributed by atoms with Crippen LogP contribution in [0.4, 0.5) is 5.69 Å². The van der Waals surface area contributed by atoms with Gasteiger partial charge in [-0.2, -0.15) is 0 Å². The van der Waals surface area contributed by atoms with Gasteiger partial charge in [0.15, 0.2) is 17.6 Å². The summed E-state index contributed by atoms with van der Waals surface area (Å²) in [5.41, 5.74) is 0.636. The fourth-order valence-electron chi connectivity index (χ4n) is 2.20. The van der Waals surface area contributed by atoms with Gasteiger partial charge in [-0.15, -0.1) is 0 Å². The molecule has 0 saturated carbocycles. The summed E-state index contributed by atoms with van der Waals surface area (Å²) in [6.45, 7) is 1.55. The highest BCUT2D eigenvalue weighted by Crippen LogP contribution is 2.31. The normalized spacial score (nSPS) is 16.8. The lowest BCUT2D eigenvalue weighted by Gasteiger charge is -2.25. The lowest BCUT2D eigenvalue weighted by molar-refractivity contribution is -0.162. The van der Waals surface area contributed by atoms with Gasteiger partial charge in [-0.05, 0) is 31.2 Å². The van der Waals surface area contributed by atoms with Gasteiger partial charge in [0.1, 0.15) is 6.61 Å². The standard InChI is InChI=1S/C18H17NO5/c1-12(17(20)19-13-7-3-2-4-8-13)23-18(21)16-11-22-14-9-5-6-10-15(14)24-16/h2-10,12,16H,11H2,1H3,(H,19,20)/t12-,16-/m1/s1. The smallest absolute Gasteiger partial charge is 0.351 e. The second-order valence-corrected chi connectivity index (χ2v) is 5.30. The molecule has 6 heteroatoms. The maximum Gasteiger partial charge on any atom is 0.351 e. The molecule has 2 aromatic rings. The fraction of sp³-hybridized carbons (Fsp3) is 0.222. The number of amides is 1. The first kappa shape index (κ1) is 15.9. The van der Waals surface area contributed by atoms with Crippen LogP contribution >= 0.6 is 0 Å². The lowest BCUT2D eigenvalue weighted by Crippen LogP contribution is -2.41. The number of rotatable bonds is 4. The number of esters is 1. The summed E-state index contributed by atoms with van der Waals surface area (Å²) in [5.74, 6) is 0.00963. The van der Waals surface area contributed by atoms with Crippen LogP contribution in [0.3, 0.4) is 0 Å². The topological polar surface area (TPSA) is 73.9 Å². The largest absolute Gasteiger partial charge is 0.485 e. The minimum Gasteiger partial charge on any atom is -0.485 e. The van der Waals surface area contributed by atoms with Crippen molar-refractivity contribution in [1.29, 1.82) is 0 Å². The predicted molar refractivity (Wildman–Crippen MR) is 87.0 cm³/mol. The number of benzene rings is 2. The SMILES string of the molecule is C[C@@H](OC(=O)[C@H]1COc2ccccc2O1)C(=O)Nc1ccccc1. The van der Waals surface area contributed by atoms with Crippen LogP contribution < -0.4 is 14.8 Å². The number of ether oxygens (including phenoxy) is 3.